The topological polar surface area (TPSA) is 78.5 Å². The molecule has 1 heterocycles. The molecule has 2 saturated carbocycles. The zero-order valence-electron chi connectivity index (χ0n) is 15.9. The van der Waals surface area contributed by atoms with E-state index in [0.717, 1.165) is 10.8 Å². The number of nitrogens with one attached hydrogen (secondary N) is 2. The first-order valence-electron chi connectivity index (χ1n) is 9.87. The van der Waals surface area contributed by atoms with Gasteiger partial charge in [-0.05, 0) is 56.4 Å². The minimum atomic E-state index is -1.13. The summed E-state index contributed by atoms with van der Waals surface area (Å²) >= 11 is 0. The summed E-state index contributed by atoms with van der Waals surface area (Å²) < 4.78 is 0. The van der Waals surface area contributed by atoms with Crippen LogP contribution in [0, 0.1) is 17.8 Å². The van der Waals surface area contributed by atoms with Gasteiger partial charge in [-0.25, -0.2) is 4.79 Å². The number of rotatable bonds is 5. The number of imide groups is 1. The molecule has 0 spiro atoms. The first-order valence-corrected chi connectivity index (χ1v) is 9.87. The normalized spacial score (nSPS) is 33.3. The molecule has 0 unspecified atom stereocenters. The summed E-state index contributed by atoms with van der Waals surface area (Å²) in [6.45, 7) is 3.49. The van der Waals surface area contributed by atoms with E-state index in [1.807, 2.05) is 25.1 Å². The summed E-state index contributed by atoms with van der Waals surface area (Å²) in [5.41, 5.74) is -0.420. The van der Waals surface area contributed by atoms with Crippen LogP contribution in [0.1, 0.15) is 45.1 Å². The van der Waals surface area contributed by atoms with Crippen LogP contribution >= 0.6 is 0 Å². The van der Waals surface area contributed by atoms with E-state index in [0.29, 0.717) is 17.4 Å². The van der Waals surface area contributed by atoms with E-state index in [-0.39, 0.29) is 24.4 Å². The summed E-state index contributed by atoms with van der Waals surface area (Å²) in [4.78, 5) is 38.8. The highest BCUT2D eigenvalue weighted by Crippen LogP contribution is 2.49. The number of benzene rings is 1. The Bertz CT molecular complexity index is 765. The number of fused-ring (bicyclic) bond motifs is 2. The SMILES string of the molecule is C[C@H](NC(=O)CN1C(=O)N[C@@](C)(c2ccccc2)C1=O)[C@@H]1C[C@H]2CC[C@H]1C2. The molecule has 1 aromatic carbocycles. The zero-order chi connectivity index (χ0) is 19.2. The lowest BCUT2D eigenvalue weighted by Crippen LogP contribution is -2.47. The van der Waals surface area contributed by atoms with Gasteiger partial charge >= 0.3 is 6.03 Å². The molecule has 0 radical (unpaired) electrons. The second-order valence-electron chi connectivity index (χ2n) is 8.51. The third-order valence-corrected chi connectivity index (χ3v) is 6.75. The molecule has 6 nitrogen and oxygen atoms in total. The molecule has 2 aliphatic carbocycles. The summed E-state index contributed by atoms with van der Waals surface area (Å²) in [5.74, 6) is 1.39. The third-order valence-electron chi connectivity index (χ3n) is 6.75. The molecule has 1 saturated heterocycles. The lowest BCUT2D eigenvalue weighted by Gasteiger charge is -2.29. The maximum atomic E-state index is 12.9. The van der Waals surface area contributed by atoms with Gasteiger partial charge in [0.1, 0.15) is 12.1 Å². The van der Waals surface area contributed by atoms with Gasteiger partial charge in [0, 0.05) is 6.04 Å². The van der Waals surface area contributed by atoms with Crippen LogP contribution in [0.4, 0.5) is 4.79 Å². The maximum Gasteiger partial charge on any atom is 0.325 e. The molecule has 5 atom stereocenters. The van der Waals surface area contributed by atoms with Crippen LogP contribution in [0.15, 0.2) is 30.3 Å². The van der Waals surface area contributed by atoms with Crippen molar-refractivity contribution in [2.75, 3.05) is 6.54 Å². The van der Waals surface area contributed by atoms with Crippen LogP contribution < -0.4 is 10.6 Å². The summed E-state index contributed by atoms with van der Waals surface area (Å²) in [6, 6.07) is 8.68. The molecule has 3 aliphatic rings. The van der Waals surface area contributed by atoms with Gasteiger partial charge in [-0.3, -0.25) is 14.5 Å². The number of nitrogens with zero attached hydrogens (tertiary/aromatic N) is 1. The molecule has 6 heteroatoms. The van der Waals surface area contributed by atoms with Gasteiger partial charge in [0.25, 0.3) is 5.91 Å². The second-order valence-corrected chi connectivity index (χ2v) is 8.51. The van der Waals surface area contributed by atoms with Crippen molar-refractivity contribution < 1.29 is 14.4 Å². The monoisotopic (exact) mass is 369 g/mol. The molecule has 144 valence electrons. The van der Waals surface area contributed by atoms with Gasteiger partial charge in [-0.15, -0.1) is 0 Å². The number of carbonyl (C=O) groups is 3. The fourth-order valence-corrected chi connectivity index (χ4v) is 5.26. The minimum absolute atomic E-state index is 0.0778. The molecule has 1 aliphatic heterocycles. The van der Waals surface area contributed by atoms with Gasteiger partial charge in [-0.1, -0.05) is 36.8 Å². The number of amides is 4. The largest absolute Gasteiger partial charge is 0.352 e. The Morgan fingerprint density at radius 3 is 2.63 bits per heavy atom. The van der Waals surface area contributed by atoms with Crippen molar-refractivity contribution in [3.05, 3.63) is 35.9 Å². The first-order chi connectivity index (χ1) is 12.9. The van der Waals surface area contributed by atoms with Crippen LogP contribution in [0.5, 0.6) is 0 Å². The Balaban J connectivity index is 1.39. The fraction of sp³-hybridized carbons (Fsp3) is 0.571. The van der Waals surface area contributed by atoms with Crippen LogP contribution in [-0.2, 0) is 15.1 Å². The Labute approximate surface area is 159 Å². The first kappa shape index (κ1) is 18.0. The highest BCUT2D eigenvalue weighted by Gasteiger charge is 2.49. The van der Waals surface area contributed by atoms with Gasteiger partial charge < -0.3 is 10.6 Å². The Kier molecular flexibility index (Phi) is 4.44. The van der Waals surface area contributed by atoms with Crippen molar-refractivity contribution in [1.29, 1.82) is 0 Å². The van der Waals surface area contributed by atoms with Gasteiger partial charge in [0.15, 0.2) is 0 Å². The lowest BCUT2D eigenvalue weighted by atomic mass is 9.84. The van der Waals surface area contributed by atoms with Crippen molar-refractivity contribution in [2.24, 2.45) is 17.8 Å². The molecule has 27 heavy (non-hydrogen) atoms. The summed E-state index contributed by atoms with van der Waals surface area (Å²) in [5, 5.41) is 5.77. The van der Waals surface area contributed by atoms with Crippen molar-refractivity contribution >= 4 is 17.8 Å². The van der Waals surface area contributed by atoms with E-state index in [9.17, 15) is 14.4 Å². The maximum absolute atomic E-state index is 12.9. The van der Waals surface area contributed by atoms with Gasteiger partial charge in [-0.2, -0.15) is 0 Å². The Morgan fingerprint density at radius 2 is 2.00 bits per heavy atom. The second kappa shape index (κ2) is 6.66. The number of hydrogen-bond acceptors (Lipinski definition) is 3. The predicted octanol–water partition coefficient (Wildman–Crippen LogP) is 2.39. The predicted molar refractivity (Wildman–Crippen MR) is 101 cm³/mol. The van der Waals surface area contributed by atoms with E-state index in [1.165, 1.54) is 25.7 Å². The average molecular weight is 369 g/mol. The third kappa shape index (κ3) is 3.11. The van der Waals surface area contributed by atoms with Crippen molar-refractivity contribution in [3.8, 4) is 0 Å². The summed E-state index contributed by atoms with van der Waals surface area (Å²) in [7, 11) is 0. The number of carbonyl (C=O) groups excluding carboxylic acids is 3. The molecule has 2 N–H and O–H groups in total. The van der Waals surface area contributed by atoms with E-state index >= 15 is 0 Å². The average Bonchev–Trinajstić information content (AvgIpc) is 3.34. The molecule has 1 aromatic rings. The quantitative estimate of drug-likeness (QED) is 0.782. The summed E-state index contributed by atoms with van der Waals surface area (Å²) in [6.07, 6.45) is 5.05. The van der Waals surface area contributed by atoms with E-state index in [2.05, 4.69) is 10.6 Å². The Hall–Kier alpha value is -2.37. The molecular formula is C21H27N3O3. The van der Waals surface area contributed by atoms with Crippen LogP contribution in [0.25, 0.3) is 0 Å². The zero-order valence-corrected chi connectivity index (χ0v) is 15.9. The van der Waals surface area contributed by atoms with Crippen LogP contribution in [0.3, 0.4) is 0 Å². The lowest BCUT2D eigenvalue weighted by molar-refractivity contribution is -0.135. The Morgan fingerprint density at radius 1 is 1.26 bits per heavy atom. The number of urea groups is 1. The van der Waals surface area contributed by atoms with Crippen LogP contribution in [0.2, 0.25) is 0 Å². The standard InChI is InChI=1S/C21H27N3O3/c1-13(17-11-14-8-9-15(17)10-14)22-18(25)12-24-19(26)21(2,23-20(24)27)16-6-4-3-5-7-16/h3-7,13-15,17H,8-12H2,1-2H3,(H,22,25)(H,23,27)/t13-,14-,15-,17-,21-/m0/s1. The number of hydrogen-bond donors (Lipinski definition) is 2. The molecule has 4 amide bonds. The fourth-order valence-electron chi connectivity index (χ4n) is 5.26. The highest BCUT2D eigenvalue weighted by atomic mass is 16.2. The van der Waals surface area contributed by atoms with E-state index < -0.39 is 11.6 Å². The molecule has 2 bridgehead atoms. The van der Waals surface area contributed by atoms with E-state index in [4.69, 9.17) is 0 Å². The highest BCUT2D eigenvalue weighted by molar-refractivity contribution is 6.09. The molecule has 0 aromatic heterocycles. The smallest absolute Gasteiger partial charge is 0.325 e. The minimum Gasteiger partial charge on any atom is -0.352 e. The van der Waals surface area contributed by atoms with Gasteiger partial charge in [0.05, 0.1) is 0 Å². The van der Waals surface area contributed by atoms with E-state index in [1.54, 1.807) is 19.1 Å². The van der Waals surface area contributed by atoms with Crippen molar-refractivity contribution in [1.82, 2.24) is 15.5 Å². The van der Waals surface area contributed by atoms with Crippen molar-refractivity contribution in [3.63, 3.8) is 0 Å². The molecular weight excluding hydrogens is 342 g/mol. The van der Waals surface area contributed by atoms with Gasteiger partial charge in [0.2, 0.25) is 5.91 Å². The molecule has 3 fully saturated rings. The van der Waals surface area contributed by atoms with Crippen molar-refractivity contribution in [2.45, 2.75) is 51.1 Å². The molecule has 4 rings (SSSR count). The van der Waals surface area contributed by atoms with Crippen LogP contribution in [-0.4, -0.2) is 35.3 Å².